The van der Waals surface area contributed by atoms with Crippen LogP contribution in [0.3, 0.4) is 0 Å². The zero-order valence-electron chi connectivity index (χ0n) is 14.5. The van der Waals surface area contributed by atoms with Crippen LogP contribution in [0.25, 0.3) is 0 Å². The minimum atomic E-state index is -0.633. The smallest absolute Gasteiger partial charge is 0.251 e. The number of ether oxygens (including phenoxy) is 2. The monoisotopic (exact) mass is 409 g/mol. The van der Waals surface area contributed by atoms with E-state index < -0.39 is 6.10 Å². The number of methoxy groups -OCH3 is 1. The number of benzene rings is 2. The molecule has 0 heterocycles. The van der Waals surface area contributed by atoms with Crippen molar-refractivity contribution in [1.82, 2.24) is 4.90 Å². The Morgan fingerprint density at radius 1 is 1.28 bits per heavy atom. The quantitative estimate of drug-likeness (QED) is 0.688. The fourth-order valence-corrected chi connectivity index (χ4v) is 2.77. The summed E-state index contributed by atoms with van der Waals surface area (Å²) in [5.41, 5.74) is 1.37. The minimum absolute atomic E-state index is 0.178. The molecule has 25 heavy (non-hydrogen) atoms. The van der Waals surface area contributed by atoms with Gasteiger partial charge >= 0.3 is 0 Å². The summed E-state index contributed by atoms with van der Waals surface area (Å²) >= 11 is 3.31. The lowest BCUT2D eigenvalue weighted by molar-refractivity contribution is -0.142. The van der Waals surface area contributed by atoms with Crippen molar-refractivity contribution in [1.29, 1.82) is 0 Å². The second kappa shape index (κ2) is 8.97. The first-order chi connectivity index (χ1) is 11.9. The Hall–Kier alpha value is -1.92. The second-order valence-corrected chi connectivity index (χ2v) is 6.65. The highest BCUT2D eigenvalue weighted by Gasteiger charge is 2.19. The van der Waals surface area contributed by atoms with Crippen LogP contribution in [0.4, 0.5) is 4.39 Å². The van der Waals surface area contributed by atoms with Crippen LogP contribution in [-0.4, -0.2) is 31.1 Å². The maximum absolute atomic E-state index is 13.8. The van der Waals surface area contributed by atoms with Gasteiger partial charge in [0.15, 0.2) is 0 Å². The number of rotatable bonds is 7. The lowest BCUT2D eigenvalue weighted by atomic mass is 10.2. The van der Waals surface area contributed by atoms with Gasteiger partial charge in [0.1, 0.15) is 17.7 Å². The van der Waals surface area contributed by atoms with E-state index in [9.17, 15) is 9.18 Å². The molecular weight excluding hydrogens is 389 g/mol. The molecule has 0 radical (unpaired) electrons. The SMILES string of the molecule is COc1cccc(COC(C)C(=O)N(C)Cc2cc(Br)ccc2F)c1. The maximum atomic E-state index is 13.8. The van der Waals surface area contributed by atoms with Crippen LogP contribution in [0.15, 0.2) is 46.9 Å². The topological polar surface area (TPSA) is 38.8 Å². The maximum Gasteiger partial charge on any atom is 0.251 e. The summed E-state index contributed by atoms with van der Waals surface area (Å²) in [6.07, 6.45) is -0.633. The van der Waals surface area contributed by atoms with Crippen LogP contribution < -0.4 is 4.74 Å². The van der Waals surface area contributed by atoms with E-state index in [0.717, 1.165) is 15.8 Å². The second-order valence-electron chi connectivity index (χ2n) is 5.73. The van der Waals surface area contributed by atoms with E-state index in [1.807, 2.05) is 24.3 Å². The van der Waals surface area contributed by atoms with E-state index in [1.54, 1.807) is 33.2 Å². The highest BCUT2D eigenvalue weighted by molar-refractivity contribution is 9.10. The molecular formula is C19H21BrFNO3. The zero-order chi connectivity index (χ0) is 18.4. The van der Waals surface area contributed by atoms with Crippen molar-refractivity contribution < 1.29 is 18.7 Å². The van der Waals surface area contributed by atoms with Crippen LogP contribution in [0.1, 0.15) is 18.1 Å². The van der Waals surface area contributed by atoms with Crippen molar-refractivity contribution in [2.75, 3.05) is 14.2 Å². The average molecular weight is 410 g/mol. The fraction of sp³-hybridized carbons (Fsp3) is 0.316. The molecule has 0 aliphatic rings. The first-order valence-corrected chi connectivity index (χ1v) is 8.63. The number of hydrogen-bond donors (Lipinski definition) is 0. The van der Waals surface area contributed by atoms with Crippen molar-refractivity contribution in [3.8, 4) is 5.75 Å². The summed E-state index contributed by atoms with van der Waals surface area (Å²) in [7, 11) is 3.23. The number of nitrogens with zero attached hydrogens (tertiary/aromatic N) is 1. The molecule has 0 aromatic heterocycles. The molecule has 4 nitrogen and oxygen atoms in total. The molecule has 0 bridgehead atoms. The van der Waals surface area contributed by atoms with E-state index in [-0.39, 0.29) is 18.3 Å². The van der Waals surface area contributed by atoms with Crippen LogP contribution in [0.2, 0.25) is 0 Å². The normalized spacial score (nSPS) is 11.9. The molecule has 1 amide bonds. The summed E-state index contributed by atoms with van der Waals surface area (Å²) in [6, 6.07) is 12.1. The lowest BCUT2D eigenvalue weighted by Crippen LogP contribution is -2.36. The largest absolute Gasteiger partial charge is 0.497 e. The van der Waals surface area contributed by atoms with Crippen LogP contribution in [-0.2, 0) is 22.7 Å². The van der Waals surface area contributed by atoms with Gasteiger partial charge in [0.25, 0.3) is 5.91 Å². The Labute approximate surface area is 155 Å². The van der Waals surface area contributed by atoms with Crippen LogP contribution in [0.5, 0.6) is 5.75 Å². The number of carbonyl (C=O) groups is 1. The summed E-state index contributed by atoms with van der Waals surface area (Å²) in [6.45, 7) is 2.16. The highest BCUT2D eigenvalue weighted by Crippen LogP contribution is 2.18. The van der Waals surface area contributed by atoms with Gasteiger partial charge in [-0.15, -0.1) is 0 Å². The molecule has 0 spiro atoms. The van der Waals surface area contributed by atoms with Gasteiger partial charge < -0.3 is 14.4 Å². The van der Waals surface area contributed by atoms with E-state index >= 15 is 0 Å². The summed E-state index contributed by atoms with van der Waals surface area (Å²) in [5.74, 6) is 0.192. The van der Waals surface area contributed by atoms with E-state index in [4.69, 9.17) is 9.47 Å². The molecule has 0 aliphatic carbocycles. The molecule has 2 aromatic carbocycles. The number of likely N-dealkylation sites (N-methyl/N-ethyl adjacent to an activating group) is 1. The molecule has 0 N–H and O–H groups in total. The van der Waals surface area contributed by atoms with Crippen LogP contribution in [0, 0.1) is 5.82 Å². The van der Waals surface area contributed by atoms with Crippen molar-refractivity contribution >= 4 is 21.8 Å². The molecule has 134 valence electrons. The van der Waals surface area contributed by atoms with Gasteiger partial charge in [0.05, 0.1) is 13.7 Å². The summed E-state index contributed by atoms with van der Waals surface area (Å²) in [4.78, 5) is 13.9. The van der Waals surface area contributed by atoms with Crippen molar-refractivity contribution in [2.24, 2.45) is 0 Å². The van der Waals surface area contributed by atoms with Gasteiger partial charge in [-0.25, -0.2) is 4.39 Å². The third kappa shape index (κ3) is 5.54. The molecule has 0 aliphatic heterocycles. The first-order valence-electron chi connectivity index (χ1n) is 7.84. The highest BCUT2D eigenvalue weighted by atomic mass is 79.9. The van der Waals surface area contributed by atoms with Gasteiger partial charge in [-0.2, -0.15) is 0 Å². The molecule has 2 rings (SSSR count). The van der Waals surface area contributed by atoms with Gasteiger partial charge in [-0.05, 0) is 42.8 Å². The third-order valence-corrected chi connectivity index (χ3v) is 4.27. The Kier molecular flexibility index (Phi) is 6.96. The Morgan fingerprint density at radius 2 is 2.04 bits per heavy atom. The predicted octanol–water partition coefficient (Wildman–Crippen LogP) is 4.16. The van der Waals surface area contributed by atoms with Crippen molar-refractivity contribution in [3.63, 3.8) is 0 Å². The number of amides is 1. The average Bonchev–Trinajstić information content (AvgIpc) is 2.62. The van der Waals surface area contributed by atoms with Crippen molar-refractivity contribution in [2.45, 2.75) is 26.2 Å². The van der Waals surface area contributed by atoms with E-state index in [2.05, 4.69) is 15.9 Å². The third-order valence-electron chi connectivity index (χ3n) is 3.77. The zero-order valence-corrected chi connectivity index (χ0v) is 16.0. The van der Waals surface area contributed by atoms with Gasteiger partial charge in [-0.1, -0.05) is 28.1 Å². The molecule has 0 saturated heterocycles. The van der Waals surface area contributed by atoms with E-state index in [0.29, 0.717) is 12.2 Å². The summed E-state index contributed by atoms with van der Waals surface area (Å²) in [5, 5.41) is 0. The van der Waals surface area contributed by atoms with Gasteiger partial charge in [-0.3, -0.25) is 4.79 Å². The molecule has 1 unspecified atom stereocenters. The molecule has 0 saturated carbocycles. The minimum Gasteiger partial charge on any atom is -0.497 e. The van der Waals surface area contributed by atoms with Gasteiger partial charge in [0.2, 0.25) is 0 Å². The molecule has 6 heteroatoms. The van der Waals surface area contributed by atoms with Gasteiger partial charge in [0, 0.05) is 23.6 Å². The summed E-state index contributed by atoms with van der Waals surface area (Å²) < 4.78 is 25.4. The first kappa shape index (κ1) is 19.4. The number of carbonyl (C=O) groups excluding carboxylic acids is 1. The van der Waals surface area contributed by atoms with Crippen LogP contribution >= 0.6 is 15.9 Å². The number of halogens is 2. The Balaban J connectivity index is 1.93. The number of hydrogen-bond acceptors (Lipinski definition) is 3. The fourth-order valence-electron chi connectivity index (χ4n) is 2.36. The molecule has 0 fully saturated rings. The Morgan fingerprint density at radius 3 is 2.76 bits per heavy atom. The lowest BCUT2D eigenvalue weighted by Gasteiger charge is -2.22. The van der Waals surface area contributed by atoms with Crippen molar-refractivity contribution in [3.05, 3.63) is 63.9 Å². The predicted molar refractivity (Wildman–Crippen MR) is 97.8 cm³/mol. The molecule has 2 aromatic rings. The Bertz CT molecular complexity index is 738. The standard InChI is InChI=1S/C19H21BrFNO3/c1-13(25-12-14-5-4-6-17(9-14)24-3)19(23)22(2)11-15-10-16(20)7-8-18(15)21/h4-10,13H,11-12H2,1-3H3. The molecule has 1 atom stereocenters. The van der Waals surface area contributed by atoms with E-state index in [1.165, 1.54) is 11.0 Å².